The molecule has 5 nitrogen and oxygen atoms in total. The van der Waals surface area contributed by atoms with E-state index < -0.39 is 16.9 Å². The van der Waals surface area contributed by atoms with Crippen LogP contribution in [-0.4, -0.2) is 40.6 Å². The van der Waals surface area contributed by atoms with Crippen LogP contribution < -0.4 is 5.32 Å². The van der Waals surface area contributed by atoms with E-state index in [4.69, 9.17) is 0 Å². The summed E-state index contributed by atoms with van der Waals surface area (Å²) in [6.07, 6.45) is 2.49. The van der Waals surface area contributed by atoms with Crippen molar-refractivity contribution in [3.63, 3.8) is 0 Å². The molecule has 5 heteroatoms. The summed E-state index contributed by atoms with van der Waals surface area (Å²) in [4.78, 5) is 25.1. The number of hydrogen-bond donors (Lipinski definition) is 2. The van der Waals surface area contributed by atoms with Gasteiger partial charge in [0.1, 0.15) is 0 Å². The van der Waals surface area contributed by atoms with Gasteiger partial charge in [-0.05, 0) is 34.1 Å². The van der Waals surface area contributed by atoms with Crippen molar-refractivity contribution in [1.29, 1.82) is 0 Å². The average molecular weight is 270 g/mol. The molecule has 0 bridgehead atoms. The van der Waals surface area contributed by atoms with Gasteiger partial charge in [0.15, 0.2) is 0 Å². The Labute approximate surface area is 115 Å². The zero-order valence-corrected chi connectivity index (χ0v) is 12.6. The number of carboxylic acid groups (broad SMARTS) is 1. The van der Waals surface area contributed by atoms with Gasteiger partial charge in [0, 0.05) is 13.1 Å². The van der Waals surface area contributed by atoms with E-state index in [1.54, 1.807) is 38.7 Å². The van der Waals surface area contributed by atoms with Crippen LogP contribution in [0.2, 0.25) is 0 Å². The first kappa shape index (κ1) is 17.5. The van der Waals surface area contributed by atoms with Crippen LogP contribution in [0, 0.1) is 5.41 Å². The predicted octanol–water partition coefficient (Wildman–Crippen LogP) is 2.48. The van der Waals surface area contributed by atoms with Crippen LogP contribution in [-0.2, 0) is 4.79 Å². The molecule has 2 amide bonds. The first-order valence-electron chi connectivity index (χ1n) is 6.51. The van der Waals surface area contributed by atoms with E-state index in [2.05, 4.69) is 11.9 Å². The topological polar surface area (TPSA) is 69.6 Å². The van der Waals surface area contributed by atoms with Gasteiger partial charge in [0.2, 0.25) is 0 Å². The molecular weight excluding hydrogens is 244 g/mol. The minimum absolute atomic E-state index is 0.263. The number of rotatable bonds is 7. The molecule has 0 aromatic carbocycles. The number of nitrogens with zero attached hydrogens (tertiary/aromatic N) is 1. The van der Waals surface area contributed by atoms with Crippen molar-refractivity contribution in [3.05, 3.63) is 12.7 Å². The fraction of sp³-hybridized carbons (Fsp3) is 0.714. The summed E-state index contributed by atoms with van der Waals surface area (Å²) >= 11 is 0. The minimum atomic E-state index is -1.06. The molecule has 0 saturated carbocycles. The van der Waals surface area contributed by atoms with Crippen LogP contribution in [0.1, 0.15) is 41.0 Å². The highest BCUT2D eigenvalue weighted by Crippen LogP contribution is 2.30. The van der Waals surface area contributed by atoms with E-state index in [1.165, 1.54) is 0 Å². The van der Waals surface area contributed by atoms with Crippen molar-refractivity contribution in [2.24, 2.45) is 5.41 Å². The lowest BCUT2D eigenvalue weighted by atomic mass is 9.74. The fourth-order valence-corrected chi connectivity index (χ4v) is 1.47. The van der Waals surface area contributed by atoms with Crippen LogP contribution in [0.4, 0.5) is 4.79 Å². The Kier molecular flexibility index (Phi) is 6.06. The lowest BCUT2D eigenvalue weighted by molar-refractivity contribution is -0.150. The smallest absolute Gasteiger partial charge is 0.318 e. The summed E-state index contributed by atoms with van der Waals surface area (Å²) in [5.74, 6) is -0.941. The van der Waals surface area contributed by atoms with E-state index in [9.17, 15) is 14.7 Å². The number of carbonyl (C=O) groups excluding carboxylic acids is 1. The quantitative estimate of drug-likeness (QED) is 0.698. The molecule has 110 valence electrons. The van der Waals surface area contributed by atoms with E-state index in [-0.39, 0.29) is 6.03 Å². The molecule has 0 aliphatic rings. The highest BCUT2D eigenvalue weighted by Gasteiger charge is 2.44. The maximum absolute atomic E-state index is 12.2. The predicted molar refractivity (Wildman–Crippen MR) is 76.1 cm³/mol. The molecule has 0 radical (unpaired) electrons. The van der Waals surface area contributed by atoms with Gasteiger partial charge in [-0.25, -0.2) is 4.79 Å². The summed E-state index contributed by atoms with van der Waals surface area (Å²) < 4.78 is 0. The molecule has 2 N–H and O–H groups in total. The molecule has 0 aliphatic heterocycles. The van der Waals surface area contributed by atoms with Gasteiger partial charge in [-0.1, -0.05) is 13.0 Å². The normalized spacial score (nSPS) is 11.8. The molecule has 0 unspecified atom stereocenters. The summed E-state index contributed by atoms with van der Waals surface area (Å²) in [7, 11) is 0. The van der Waals surface area contributed by atoms with Crippen LogP contribution in [0.5, 0.6) is 0 Å². The van der Waals surface area contributed by atoms with Crippen molar-refractivity contribution in [2.45, 2.75) is 46.6 Å². The third-order valence-corrected chi connectivity index (χ3v) is 3.65. The Morgan fingerprint density at radius 1 is 1.32 bits per heavy atom. The number of carbonyl (C=O) groups is 2. The average Bonchev–Trinajstić information content (AvgIpc) is 2.27. The molecule has 0 aromatic heterocycles. The van der Waals surface area contributed by atoms with Crippen molar-refractivity contribution < 1.29 is 14.7 Å². The number of amides is 2. The standard InChI is InChI=1S/C14H26N2O3/c1-7-9-16(10-8-2)12(19)15-14(5,6)13(3,4)11(17)18/h7H,1,8-10H2,2-6H3,(H,15,19)(H,17,18). The third kappa shape index (κ3) is 4.26. The summed E-state index contributed by atoms with van der Waals surface area (Å²) in [5, 5.41) is 12.1. The van der Waals surface area contributed by atoms with Crippen LogP contribution in [0.25, 0.3) is 0 Å². The lowest BCUT2D eigenvalue weighted by Crippen LogP contribution is -2.59. The Morgan fingerprint density at radius 2 is 1.84 bits per heavy atom. The van der Waals surface area contributed by atoms with E-state index >= 15 is 0 Å². The Bertz CT molecular complexity index is 349. The van der Waals surface area contributed by atoms with Gasteiger partial charge in [-0.2, -0.15) is 0 Å². The molecule has 19 heavy (non-hydrogen) atoms. The largest absolute Gasteiger partial charge is 0.481 e. The van der Waals surface area contributed by atoms with Crippen molar-refractivity contribution in [1.82, 2.24) is 10.2 Å². The molecule has 0 aliphatic carbocycles. The molecule has 0 rings (SSSR count). The summed E-state index contributed by atoms with van der Waals surface area (Å²) in [6.45, 7) is 13.3. The number of nitrogens with one attached hydrogen (secondary N) is 1. The lowest BCUT2D eigenvalue weighted by Gasteiger charge is -2.40. The number of carboxylic acids is 1. The van der Waals surface area contributed by atoms with E-state index in [0.717, 1.165) is 6.42 Å². The van der Waals surface area contributed by atoms with Gasteiger partial charge >= 0.3 is 12.0 Å². The minimum Gasteiger partial charge on any atom is -0.481 e. The Hall–Kier alpha value is -1.52. The highest BCUT2D eigenvalue weighted by molar-refractivity contribution is 5.79. The van der Waals surface area contributed by atoms with Crippen LogP contribution >= 0.6 is 0 Å². The van der Waals surface area contributed by atoms with Gasteiger partial charge in [-0.3, -0.25) is 4.79 Å². The third-order valence-electron chi connectivity index (χ3n) is 3.65. The number of urea groups is 1. The zero-order chi connectivity index (χ0) is 15.3. The van der Waals surface area contributed by atoms with E-state index in [0.29, 0.717) is 13.1 Å². The Balaban J connectivity index is 4.94. The number of hydrogen-bond acceptors (Lipinski definition) is 2. The molecular formula is C14H26N2O3. The first-order valence-corrected chi connectivity index (χ1v) is 6.51. The summed E-state index contributed by atoms with van der Waals surface area (Å²) in [6, 6.07) is -0.263. The van der Waals surface area contributed by atoms with Gasteiger partial charge in [0.25, 0.3) is 0 Å². The molecule has 0 atom stereocenters. The second-order valence-electron chi connectivity index (χ2n) is 5.72. The second-order valence-corrected chi connectivity index (χ2v) is 5.72. The molecule has 0 heterocycles. The van der Waals surface area contributed by atoms with E-state index in [1.807, 2.05) is 6.92 Å². The number of aliphatic carboxylic acids is 1. The fourth-order valence-electron chi connectivity index (χ4n) is 1.47. The molecule has 0 saturated heterocycles. The van der Waals surface area contributed by atoms with Gasteiger partial charge in [0.05, 0.1) is 11.0 Å². The van der Waals surface area contributed by atoms with Gasteiger partial charge < -0.3 is 15.3 Å². The first-order chi connectivity index (χ1) is 8.60. The molecule has 0 fully saturated rings. The van der Waals surface area contributed by atoms with Crippen LogP contribution in [0.3, 0.4) is 0 Å². The van der Waals surface area contributed by atoms with Crippen molar-refractivity contribution in [2.75, 3.05) is 13.1 Å². The molecule has 0 spiro atoms. The van der Waals surface area contributed by atoms with Crippen molar-refractivity contribution >= 4 is 12.0 Å². The maximum atomic E-state index is 12.2. The highest BCUT2D eigenvalue weighted by atomic mass is 16.4. The van der Waals surface area contributed by atoms with Crippen molar-refractivity contribution in [3.8, 4) is 0 Å². The second kappa shape index (κ2) is 6.59. The zero-order valence-electron chi connectivity index (χ0n) is 12.6. The maximum Gasteiger partial charge on any atom is 0.318 e. The van der Waals surface area contributed by atoms with Crippen LogP contribution in [0.15, 0.2) is 12.7 Å². The Morgan fingerprint density at radius 3 is 2.21 bits per heavy atom. The van der Waals surface area contributed by atoms with Gasteiger partial charge in [-0.15, -0.1) is 6.58 Å². The molecule has 0 aromatic rings. The monoisotopic (exact) mass is 270 g/mol. The summed E-state index contributed by atoms with van der Waals surface area (Å²) in [5.41, 5.74) is -1.92. The SMILES string of the molecule is C=CCN(CCC)C(=O)NC(C)(C)C(C)(C)C(=O)O.